The van der Waals surface area contributed by atoms with Crippen LogP contribution in [0.3, 0.4) is 0 Å². The first-order valence-corrected chi connectivity index (χ1v) is 10.3. The lowest BCUT2D eigenvalue weighted by molar-refractivity contribution is -0.150. The quantitative estimate of drug-likeness (QED) is 0.697. The summed E-state index contributed by atoms with van der Waals surface area (Å²) in [5.41, 5.74) is -0.626. The number of rotatable bonds is 5. The smallest absolute Gasteiger partial charge is 0.312 e. The van der Waals surface area contributed by atoms with Crippen LogP contribution in [-0.2, 0) is 19.6 Å². The Morgan fingerprint density at radius 3 is 2.59 bits per heavy atom. The summed E-state index contributed by atoms with van der Waals surface area (Å²) in [6.07, 6.45) is 1.22. The molecule has 2 heterocycles. The monoisotopic (exact) mass is 400 g/mol. The van der Waals surface area contributed by atoms with E-state index in [4.69, 9.17) is 9.47 Å². The zero-order valence-corrected chi connectivity index (χ0v) is 16.6. The normalized spacial score (nSPS) is 23.0. The number of benzene rings is 1. The molecule has 1 aromatic rings. The van der Waals surface area contributed by atoms with Gasteiger partial charge in [-0.25, -0.2) is 12.8 Å². The molecule has 1 atom stereocenters. The second-order valence-corrected chi connectivity index (χ2v) is 9.38. The van der Waals surface area contributed by atoms with Crippen LogP contribution in [0.4, 0.5) is 4.39 Å². The van der Waals surface area contributed by atoms with Gasteiger partial charge in [0.15, 0.2) is 0 Å². The lowest BCUT2D eigenvalue weighted by Gasteiger charge is -2.36. The number of sulfonamides is 1. The summed E-state index contributed by atoms with van der Waals surface area (Å²) in [5.74, 6) is -0.786. The van der Waals surface area contributed by atoms with E-state index in [2.05, 4.69) is 0 Å². The number of methoxy groups -OCH3 is 1. The standard InChI is InChI=1S/C18H25FN2O5S/c1-20(2)12-14-11-18(17(22)26-14)6-8-21(9-7-18)27(23,24)16-10-13(19)4-5-15(16)25-3/h4-5,10,14H,6-9,11-12H2,1-3H3. The Kier molecular flexibility index (Phi) is 5.47. The van der Waals surface area contributed by atoms with Gasteiger partial charge in [-0.2, -0.15) is 4.31 Å². The average Bonchev–Trinajstić information content (AvgIpc) is 2.89. The first kappa shape index (κ1) is 20.0. The molecule has 7 nitrogen and oxygen atoms in total. The van der Waals surface area contributed by atoms with Gasteiger partial charge < -0.3 is 14.4 Å². The van der Waals surface area contributed by atoms with E-state index >= 15 is 0 Å². The minimum Gasteiger partial charge on any atom is -0.495 e. The first-order chi connectivity index (χ1) is 12.7. The van der Waals surface area contributed by atoms with Gasteiger partial charge in [-0.05, 0) is 45.1 Å². The van der Waals surface area contributed by atoms with E-state index in [0.29, 0.717) is 25.8 Å². The van der Waals surface area contributed by atoms with Gasteiger partial charge in [-0.15, -0.1) is 0 Å². The van der Waals surface area contributed by atoms with Crippen LogP contribution in [0.1, 0.15) is 19.3 Å². The predicted octanol–water partition coefficient (Wildman–Crippen LogP) is 1.48. The van der Waals surface area contributed by atoms with E-state index in [1.54, 1.807) is 0 Å². The molecule has 27 heavy (non-hydrogen) atoms. The lowest BCUT2D eigenvalue weighted by Crippen LogP contribution is -2.45. The van der Waals surface area contributed by atoms with Crippen LogP contribution in [0.15, 0.2) is 23.1 Å². The number of carbonyl (C=O) groups excluding carboxylic acids is 1. The zero-order chi connectivity index (χ0) is 19.8. The number of halogens is 1. The second-order valence-electron chi connectivity index (χ2n) is 7.47. The van der Waals surface area contributed by atoms with E-state index in [0.717, 1.165) is 12.1 Å². The summed E-state index contributed by atoms with van der Waals surface area (Å²) < 4.78 is 51.4. The molecule has 0 N–H and O–H groups in total. The summed E-state index contributed by atoms with van der Waals surface area (Å²) in [6.45, 7) is 1.02. The predicted molar refractivity (Wildman–Crippen MR) is 96.4 cm³/mol. The highest BCUT2D eigenvalue weighted by atomic mass is 32.2. The third kappa shape index (κ3) is 3.81. The molecule has 1 spiro atoms. The highest BCUT2D eigenvalue weighted by molar-refractivity contribution is 7.89. The molecule has 2 saturated heterocycles. The van der Waals surface area contributed by atoms with Crippen molar-refractivity contribution in [2.24, 2.45) is 5.41 Å². The van der Waals surface area contributed by atoms with E-state index in [-0.39, 0.29) is 35.8 Å². The fourth-order valence-electron chi connectivity index (χ4n) is 3.90. The Labute approximate surface area is 159 Å². The fraction of sp³-hybridized carbons (Fsp3) is 0.611. The molecule has 1 unspecified atom stereocenters. The van der Waals surface area contributed by atoms with Crippen LogP contribution >= 0.6 is 0 Å². The van der Waals surface area contributed by atoms with Gasteiger partial charge in [-0.1, -0.05) is 0 Å². The molecule has 150 valence electrons. The average molecular weight is 400 g/mol. The topological polar surface area (TPSA) is 76.2 Å². The van der Waals surface area contributed by atoms with Gasteiger partial charge in [0.25, 0.3) is 0 Å². The van der Waals surface area contributed by atoms with Crippen molar-refractivity contribution in [2.45, 2.75) is 30.3 Å². The van der Waals surface area contributed by atoms with Crippen molar-refractivity contribution < 1.29 is 27.1 Å². The number of likely N-dealkylation sites (N-methyl/N-ethyl adjacent to an activating group) is 1. The Balaban J connectivity index is 1.76. The first-order valence-electron chi connectivity index (χ1n) is 8.87. The van der Waals surface area contributed by atoms with Crippen LogP contribution in [0.25, 0.3) is 0 Å². The van der Waals surface area contributed by atoms with Gasteiger partial charge >= 0.3 is 5.97 Å². The van der Waals surface area contributed by atoms with E-state index in [1.165, 1.54) is 17.5 Å². The highest BCUT2D eigenvalue weighted by Gasteiger charge is 2.51. The highest BCUT2D eigenvalue weighted by Crippen LogP contribution is 2.44. The molecular weight excluding hydrogens is 375 g/mol. The molecule has 0 aliphatic carbocycles. The maximum Gasteiger partial charge on any atom is 0.312 e. The van der Waals surface area contributed by atoms with Crippen molar-refractivity contribution in [2.75, 3.05) is 40.8 Å². The van der Waals surface area contributed by atoms with E-state index in [1.807, 2.05) is 19.0 Å². The van der Waals surface area contributed by atoms with Crippen molar-refractivity contribution in [3.05, 3.63) is 24.0 Å². The maximum absolute atomic E-state index is 13.6. The molecule has 0 aromatic heterocycles. The number of carbonyl (C=O) groups is 1. The van der Waals surface area contributed by atoms with Crippen molar-refractivity contribution in [3.8, 4) is 5.75 Å². The number of cyclic esters (lactones) is 1. The van der Waals surface area contributed by atoms with E-state index in [9.17, 15) is 17.6 Å². The molecule has 0 radical (unpaired) electrons. The van der Waals surface area contributed by atoms with Crippen LogP contribution in [0, 0.1) is 11.2 Å². The van der Waals surface area contributed by atoms with Crippen molar-refractivity contribution in [1.29, 1.82) is 0 Å². The number of hydrogen-bond acceptors (Lipinski definition) is 6. The largest absolute Gasteiger partial charge is 0.495 e. The molecule has 2 aliphatic rings. The summed E-state index contributed by atoms with van der Waals surface area (Å²) in [6, 6.07) is 3.42. The third-order valence-electron chi connectivity index (χ3n) is 5.32. The molecular formula is C18H25FN2O5S. The van der Waals surface area contributed by atoms with Crippen molar-refractivity contribution in [1.82, 2.24) is 9.21 Å². The summed E-state index contributed by atoms with van der Waals surface area (Å²) in [5, 5.41) is 0. The summed E-state index contributed by atoms with van der Waals surface area (Å²) in [4.78, 5) is 14.2. The number of nitrogens with zero attached hydrogens (tertiary/aromatic N) is 2. The van der Waals surface area contributed by atoms with Crippen LogP contribution in [0.2, 0.25) is 0 Å². The Morgan fingerprint density at radius 2 is 2.00 bits per heavy atom. The van der Waals surface area contributed by atoms with E-state index < -0.39 is 21.3 Å². The summed E-state index contributed by atoms with van der Waals surface area (Å²) in [7, 11) is 1.26. The van der Waals surface area contributed by atoms with Gasteiger partial charge in [0, 0.05) is 26.1 Å². The Hall–Kier alpha value is -1.71. The fourth-order valence-corrected chi connectivity index (χ4v) is 5.51. The molecule has 3 rings (SSSR count). The van der Waals surface area contributed by atoms with Crippen molar-refractivity contribution >= 4 is 16.0 Å². The SMILES string of the molecule is COc1ccc(F)cc1S(=O)(=O)N1CCC2(CC1)CC(CN(C)C)OC2=O. The summed E-state index contributed by atoms with van der Waals surface area (Å²) >= 11 is 0. The zero-order valence-electron chi connectivity index (χ0n) is 15.8. The number of hydrogen-bond donors (Lipinski definition) is 0. The van der Waals surface area contributed by atoms with Gasteiger partial charge in [0.1, 0.15) is 22.6 Å². The minimum atomic E-state index is -3.92. The maximum atomic E-state index is 13.6. The molecule has 2 aliphatic heterocycles. The number of esters is 1. The Morgan fingerprint density at radius 1 is 1.33 bits per heavy atom. The minimum absolute atomic E-state index is 0.100. The molecule has 9 heteroatoms. The molecule has 0 saturated carbocycles. The van der Waals surface area contributed by atoms with Crippen LogP contribution in [0.5, 0.6) is 5.75 Å². The Bertz CT molecular complexity index is 819. The van der Waals surface area contributed by atoms with Crippen LogP contribution < -0.4 is 4.74 Å². The second kappa shape index (κ2) is 7.37. The van der Waals surface area contributed by atoms with Gasteiger partial charge in [-0.3, -0.25) is 4.79 Å². The molecule has 2 fully saturated rings. The van der Waals surface area contributed by atoms with Gasteiger partial charge in [0.2, 0.25) is 10.0 Å². The molecule has 0 bridgehead atoms. The third-order valence-corrected chi connectivity index (χ3v) is 7.24. The molecule has 0 amide bonds. The van der Waals surface area contributed by atoms with Crippen molar-refractivity contribution in [3.63, 3.8) is 0 Å². The van der Waals surface area contributed by atoms with Crippen LogP contribution in [-0.4, -0.2) is 70.5 Å². The number of piperidine rings is 1. The van der Waals surface area contributed by atoms with Gasteiger partial charge in [0.05, 0.1) is 12.5 Å². The number of ether oxygens (including phenoxy) is 2. The lowest BCUT2D eigenvalue weighted by atomic mass is 9.76. The molecule has 1 aromatic carbocycles.